The Bertz CT molecular complexity index is 369. The zero-order valence-electron chi connectivity index (χ0n) is 9.19. The first-order valence-electron chi connectivity index (χ1n) is 4.89. The second kappa shape index (κ2) is 6.40. The highest BCUT2D eigenvalue weighted by Gasteiger charge is 2.06. The third-order valence-corrected chi connectivity index (χ3v) is 3.07. The van der Waals surface area contributed by atoms with Gasteiger partial charge in [-0.15, -0.1) is 0 Å². The molecular formula is C11H16N2O2S. The second-order valence-electron chi connectivity index (χ2n) is 3.22. The molecule has 0 saturated heterocycles. The smallest absolute Gasteiger partial charge is 0.130 e. The van der Waals surface area contributed by atoms with Crippen molar-refractivity contribution in [3.8, 4) is 5.75 Å². The molecule has 0 heterocycles. The van der Waals surface area contributed by atoms with Crippen LogP contribution in [-0.4, -0.2) is 30.4 Å². The van der Waals surface area contributed by atoms with Crippen LogP contribution in [0.1, 0.15) is 11.1 Å². The molecule has 88 valence electrons. The quantitative estimate of drug-likeness (QED) is 0.396. The summed E-state index contributed by atoms with van der Waals surface area (Å²) in [5, 5.41) is 16.0. The molecule has 1 aromatic rings. The van der Waals surface area contributed by atoms with E-state index in [1.54, 1.807) is 24.9 Å². The number of aliphatic hydroxyl groups is 1. The van der Waals surface area contributed by atoms with E-state index >= 15 is 0 Å². The van der Waals surface area contributed by atoms with Gasteiger partial charge in [0.1, 0.15) is 11.6 Å². The molecule has 0 aromatic heterocycles. The number of aliphatic hydroxyl groups excluding tert-OH is 1. The molecule has 0 saturated carbocycles. The lowest BCUT2D eigenvalue weighted by Gasteiger charge is -2.09. The predicted octanol–water partition coefficient (Wildman–Crippen LogP) is 1.20. The Balaban J connectivity index is 2.78. The highest BCUT2D eigenvalue weighted by molar-refractivity contribution is 7.98. The van der Waals surface area contributed by atoms with Crippen LogP contribution in [0.3, 0.4) is 0 Å². The highest BCUT2D eigenvalue weighted by Crippen LogP contribution is 2.22. The normalized spacial score (nSPS) is 10.1. The molecule has 1 aromatic carbocycles. The monoisotopic (exact) mass is 240 g/mol. The van der Waals surface area contributed by atoms with E-state index in [2.05, 4.69) is 0 Å². The number of nitrogens with two attached hydrogens (primary N) is 1. The van der Waals surface area contributed by atoms with Crippen molar-refractivity contribution >= 4 is 17.6 Å². The minimum atomic E-state index is 0.00594. The number of methoxy groups -OCH3 is 1. The van der Waals surface area contributed by atoms with Crippen molar-refractivity contribution in [3.63, 3.8) is 0 Å². The highest BCUT2D eigenvalue weighted by atomic mass is 32.2. The molecule has 0 unspecified atom stereocenters. The molecule has 0 radical (unpaired) electrons. The molecule has 0 amide bonds. The van der Waals surface area contributed by atoms with E-state index in [1.807, 2.05) is 12.1 Å². The van der Waals surface area contributed by atoms with Crippen LogP contribution in [0.4, 0.5) is 0 Å². The third kappa shape index (κ3) is 3.43. The van der Waals surface area contributed by atoms with Crippen molar-refractivity contribution in [1.29, 1.82) is 5.41 Å². The van der Waals surface area contributed by atoms with Crippen LogP contribution in [0.5, 0.6) is 5.75 Å². The van der Waals surface area contributed by atoms with Gasteiger partial charge in [-0.3, -0.25) is 5.41 Å². The maximum absolute atomic E-state index is 8.67. The van der Waals surface area contributed by atoms with Crippen molar-refractivity contribution in [2.45, 2.75) is 5.75 Å². The van der Waals surface area contributed by atoms with Gasteiger partial charge in [-0.25, -0.2) is 0 Å². The zero-order chi connectivity index (χ0) is 12.0. The SMILES string of the molecule is COc1cc(CSCCO)ccc1C(=N)N. The molecule has 0 aliphatic carbocycles. The molecule has 0 spiro atoms. The molecular weight excluding hydrogens is 224 g/mol. The van der Waals surface area contributed by atoms with Gasteiger partial charge in [-0.05, 0) is 17.7 Å². The topological polar surface area (TPSA) is 79.3 Å². The average Bonchev–Trinajstić information content (AvgIpc) is 2.29. The van der Waals surface area contributed by atoms with E-state index in [0.29, 0.717) is 11.3 Å². The van der Waals surface area contributed by atoms with E-state index < -0.39 is 0 Å². The van der Waals surface area contributed by atoms with Gasteiger partial charge in [0.05, 0.1) is 19.3 Å². The summed E-state index contributed by atoms with van der Waals surface area (Å²) in [5.41, 5.74) is 7.13. The van der Waals surface area contributed by atoms with E-state index in [9.17, 15) is 0 Å². The Hall–Kier alpha value is -1.20. The van der Waals surface area contributed by atoms with Crippen LogP contribution in [0.2, 0.25) is 0 Å². The van der Waals surface area contributed by atoms with Crippen LogP contribution in [0.25, 0.3) is 0 Å². The van der Waals surface area contributed by atoms with Crippen molar-refractivity contribution < 1.29 is 9.84 Å². The van der Waals surface area contributed by atoms with E-state index in [4.69, 9.17) is 21.0 Å². The number of rotatable bonds is 6. The molecule has 4 N–H and O–H groups in total. The standard InChI is InChI=1S/C11H16N2O2S/c1-15-10-6-8(7-16-5-4-14)2-3-9(10)11(12)13/h2-3,6,14H,4-5,7H2,1H3,(H3,12,13). The Morgan fingerprint density at radius 3 is 2.88 bits per heavy atom. The molecule has 1 rings (SSSR count). The molecule has 0 atom stereocenters. The summed E-state index contributed by atoms with van der Waals surface area (Å²) in [7, 11) is 1.56. The first-order chi connectivity index (χ1) is 7.69. The molecule has 0 aliphatic rings. The Morgan fingerprint density at radius 2 is 2.31 bits per heavy atom. The van der Waals surface area contributed by atoms with Crippen molar-refractivity contribution in [3.05, 3.63) is 29.3 Å². The van der Waals surface area contributed by atoms with Gasteiger partial charge in [-0.1, -0.05) is 6.07 Å². The molecule has 0 fully saturated rings. The fourth-order valence-corrected chi connectivity index (χ4v) is 1.99. The van der Waals surface area contributed by atoms with E-state index in [0.717, 1.165) is 17.1 Å². The lowest BCUT2D eigenvalue weighted by Crippen LogP contribution is -2.12. The van der Waals surface area contributed by atoms with Gasteiger partial charge in [0.15, 0.2) is 0 Å². The number of nitrogens with one attached hydrogen (secondary N) is 1. The Kier molecular flexibility index (Phi) is 5.14. The summed E-state index contributed by atoms with van der Waals surface area (Å²) in [4.78, 5) is 0. The van der Waals surface area contributed by atoms with Gasteiger partial charge in [0.25, 0.3) is 0 Å². The summed E-state index contributed by atoms with van der Waals surface area (Å²) in [6.07, 6.45) is 0. The summed E-state index contributed by atoms with van der Waals surface area (Å²) >= 11 is 1.65. The largest absolute Gasteiger partial charge is 0.496 e. The van der Waals surface area contributed by atoms with Gasteiger partial charge in [0.2, 0.25) is 0 Å². The maximum atomic E-state index is 8.67. The van der Waals surface area contributed by atoms with Gasteiger partial charge < -0.3 is 15.6 Å². The van der Waals surface area contributed by atoms with Gasteiger partial charge >= 0.3 is 0 Å². The Morgan fingerprint density at radius 1 is 1.56 bits per heavy atom. The fraction of sp³-hybridized carbons (Fsp3) is 0.364. The first kappa shape index (κ1) is 12.9. The van der Waals surface area contributed by atoms with Crippen molar-refractivity contribution in [2.75, 3.05) is 19.5 Å². The fourth-order valence-electron chi connectivity index (χ4n) is 1.30. The van der Waals surface area contributed by atoms with Crippen molar-refractivity contribution in [1.82, 2.24) is 0 Å². The van der Waals surface area contributed by atoms with Crippen LogP contribution < -0.4 is 10.5 Å². The molecule has 16 heavy (non-hydrogen) atoms. The van der Waals surface area contributed by atoms with E-state index in [-0.39, 0.29) is 12.4 Å². The number of benzene rings is 1. The summed E-state index contributed by atoms with van der Waals surface area (Å²) in [5.74, 6) is 2.16. The third-order valence-electron chi connectivity index (χ3n) is 2.06. The molecule has 5 heteroatoms. The number of thioether (sulfide) groups is 1. The summed E-state index contributed by atoms with van der Waals surface area (Å²) in [6.45, 7) is 0.188. The number of ether oxygens (including phenoxy) is 1. The minimum absolute atomic E-state index is 0.00594. The molecule has 0 aliphatic heterocycles. The molecule has 4 nitrogen and oxygen atoms in total. The number of nitrogen functional groups attached to an aromatic ring is 1. The number of hydrogen-bond acceptors (Lipinski definition) is 4. The molecule has 0 bridgehead atoms. The van der Waals surface area contributed by atoms with Crippen LogP contribution in [0.15, 0.2) is 18.2 Å². The average molecular weight is 240 g/mol. The number of hydrogen-bond donors (Lipinski definition) is 3. The van der Waals surface area contributed by atoms with Crippen LogP contribution >= 0.6 is 11.8 Å². The predicted molar refractivity (Wildman–Crippen MR) is 67.3 cm³/mol. The maximum Gasteiger partial charge on any atom is 0.130 e. The lowest BCUT2D eigenvalue weighted by atomic mass is 10.1. The van der Waals surface area contributed by atoms with Crippen LogP contribution in [0, 0.1) is 5.41 Å². The lowest BCUT2D eigenvalue weighted by molar-refractivity contribution is 0.322. The zero-order valence-corrected chi connectivity index (χ0v) is 10.0. The van der Waals surface area contributed by atoms with Crippen LogP contribution in [-0.2, 0) is 5.75 Å². The van der Waals surface area contributed by atoms with E-state index in [1.165, 1.54) is 0 Å². The minimum Gasteiger partial charge on any atom is -0.496 e. The van der Waals surface area contributed by atoms with Crippen molar-refractivity contribution in [2.24, 2.45) is 5.73 Å². The van der Waals surface area contributed by atoms with Gasteiger partial charge in [-0.2, -0.15) is 11.8 Å². The summed E-state index contributed by atoms with van der Waals surface area (Å²) < 4.78 is 5.17. The second-order valence-corrected chi connectivity index (χ2v) is 4.33. The Labute approximate surface area is 99.3 Å². The van der Waals surface area contributed by atoms with Gasteiger partial charge in [0, 0.05) is 11.5 Å². The first-order valence-corrected chi connectivity index (χ1v) is 6.04. The summed E-state index contributed by atoms with van der Waals surface area (Å²) in [6, 6.07) is 5.58. The number of amidine groups is 1.